The molecule has 2 rings (SSSR count). The van der Waals surface area contributed by atoms with Crippen molar-refractivity contribution in [2.75, 3.05) is 18.8 Å². The molecule has 0 heterocycles. The number of aryl methyl sites for hydroxylation is 1. The van der Waals surface area contributed by atoms with Gasteiger partial charge in [0.15, 0.2) is 0 Å². The van der Waals surface area contributed by atoms with Crippen molar-refractivity contribution in [2.24, 2.45) is 0 Å². The highest BCUT2D eigenvalue weighted by Crippen LogP contribution is 2.27. The Labute approximate surface area is 156 Å². The molecular formula is C20H26N2O3S. The van der Waals surface area contributed by atoms with E-state index < -0.39 is 10.0 Å². The van der Waals surface area contributed by atoms with Crippen LogP contribution >= 0.6 is 0 Å². The maximum Gasteiger partial charge on any atom is 0.262 e. The molecule has 1 N–H and O–H groups in total. The van der Waals surface area contributed by atoms with Crippen LogP contribution in [-0.4, -0.2) is 33.3 Å². The highest BCUT2D eigenvalue weighted by Gasteiger charge is 2.21. The molecule has 0 fully saturated rings. The first-order chi connectivity index (χ1) is 11.9. The van der Waals surface area contributed by atoms with Crippen molar-refractivity contribution in [3.63, 3.8) is 0 Å². The number of benzene rings is 2. The lowest BCUT2D eigenvalue weighted by atomic mass is 9.87. The van der Waals surface area contributed by atoms with Crippen molar-refractivity contribution in [1.29, 1.82) is 0 Å². The van der Waals surface area contributed by atoms with Gasteiger partial charge in [-0.05, 0) is 53.8 Å². The van der Waals surface area contributed by atoms with Crippen LogP contribution in [0.2, 0.25) is 0 Å². The van der Waals surface area contributed by atoms with E-state index in [1.165, 1.54) is 4.90 Å². The summed E-state index contributed by atoms with van der Waals surface area (Å²) in [6, 6.07) is 11.9. The fraction of sp³-hybridized carbons (Fsp3) is 0.350. The Morgan fingerprint density at radius 1 is 1.00 bits per heavy atom. The zero-order valence-corrected chi connectivity index (χ0v) is 16.9. The van der Waals surface area contributed by atoms with Crippen LogP contribution in [0.25, 0.3) is 0 Å². The van der Waals surface area contributed by atoms with Crippen molar-refractivity contribution < 1.29 is 13.2 Å². The molecule has 0 radical (unpaired) electrons. The summed E-state index contributed by atoms with van der Waals surface area (Å²) < 4.78 is 28.3. The molecule has 6 heteroatoms. The number of amides is 1. The third kappa shape index (κ3) is 4.43. The average molecular weight is 375 g/mol. The van der Waals surface area contributed by atoms with E-state index >= 15 is 0 Å². The van der Waals surface area contributed by atoms with Crippen LogP contribution in [0, 0.1) is 6.92 Å². The maximum atomic E-state index is 12.8. The smallest absolute Gasteiger partial charge is 0.262 e. The highest BCUT2D eigenvalue weighted by atomic mass is 32.2. The molecule has 0 saturated heterocycles. The van der Waals surface area contributed by atoms with Gasteiger partial charge < -0.3 is 4.90 Å². The standard InChI is InChI=1S/C20H26N2O3S/c1-14-7-10-16(20(2,3)4)13-18(14)26(24,25)21-17-11-8-15(9-12-17)19(23)22(5)6/h7-13,21H,1-6H3. The summed E-state index contributed by atoms with van der Waals surface area (Å²) in [6.07, 6.45) is 0. The van der Waals surface area contributed by atoms with Crippen LogP contribution in [-0.2, 0) is 15.4 Å². The molecule has 0 bridgehead atoms. The molecule has 0 aromatic heterocycles. The van der Waals surface area contributed by atoms with Crippen molar-refractivity contribution in [1.82, 2.24) is 4.90 Å². The molecule has 1 amide bonds. The number of hydrogen-bond acceptors (Lipinski definition) is 3. The third-order valence-electron chi connectivity index (χ3n) is 4.13. The van der Waals surface area contributed by atoms with Crippen LogP contribution in [0.15, 0.2) is 47.4 Å². The quantitative estimate of drug-likeness (QED) is 0.885. The second-order valence-corrected chi connectivity index (χ2v) is 9.26. The summed E-state index contributed by atoms with van der Waals surface area (Å²) in [5, 5.41) is 0. The molecule has 0 saturated carbocycles. The molecule has 2 aromatic carbocycles. The van der Waals surface area contributed by atoms with E-state index in [1.54, 1.807) is 51.4 Å². The van der Waals surface area contributed by atoms with E-state index in [1.807, 2.05) is 32.9 Å². The van der Waals surface area contributed by atoms with Gasteiger partial charge in [0.05, 0.1) is 4.90 Å². The molecule has 0 atom stereocenters. The molecule has 0 aliphatic carbocycles. The Hall–Kier alpha value is -2.34. The number of anilines is 1. The Balaban J connectivity index is 2.33. The number of sulfonamides is 1. The number of nitrogens with one attached hydrogen (secondary N) is 1. The van der Waals surface area contributed by atoms with Crippen molar-refractivity contribution in [2.45, 2.75) is 38.0 Å². The molecule has 2 aromatic rings. The van der Waals surface area contributed by atoms with Gasteiger partial charge in [-0.2, -0.15) is 0 Å². The zero-order valence-electron chi connectivity index (χ0n) is 16.1. The van der Waals surface area contributed by atoms with Crippen LogP contribution in [0.5, 0.6) is 0 Å². The third-order valence-corrected chi connectivity index (χ3v) is 5.66. The second kappa shape index (κ2) is 7.11. The highest BCUT2D eigenvalue weighted by molar-refractivity contribution is 7.92. The number of rotatable bonds is 4. The fourth-order valence-corrected chi connectivity index (χ4v) is 3.84. The van der Waals surface area contributed by atoms with Crippen molar-refractivity contribution in [3.8, 4) is 0 Å². The fourth-order valence-electron chi connectivity index (χ4n) is 2.51. The molecule has 26 heavy (non-hydrogen) atoms. The van der Waals surface area contributed by atoms with Gasteiger partial charge in [0.25, 0.3) is 15.9 Å². The summed E-state index contributed by atoms with van der Waals surface area (Å²) in [5.41, 5.74) is 2.41. The van der Waals surface area contributed by atoms with Gasteiger partial charge in [-0.3, -0.25) is 9.52 Å². The second-order valence-electron chi connectivity index (χ2n) is 7.61. The summed E-state index contributed by atoms with van der Waals surface area (Å²) in [4.78, 5) is 13.7. The van der Waals surface area contributed by atoms with Gasteiger partial charge in [-0.1, -0.05) is 32.9 Å². The summed E-state index contributed by atoms with van der Waals surface area (Å²) in [5.74, 6) is -0.131. The Morgan fingerprint density at radius 2 is 1.58 bits per heavy atom. The van der Waals surface area contributed by atoms with E-state index in [2.05, 4.69) is 4.72 Å². The lowest BCUT2D eigenvalue weighted by molar-refractivity contribution is 0.0827. The van der Waals surface area contributed by atoms with E-state index in [0.717, 1.165) is 5.56 Å². The molecule has 0 spiro atoms. The van der Waals surface area contributed by atoms with E-state index in [4.69, 9.17) is 0 Å². The zero-order chi connectivity index (χ0) is 19.7. The number of carbonyl (C=O) groups is 1. The van der Waals surface area contributed by atoms with Crippen molar-refractivity contribution in [3.05, 3.63) is 59.2 Å². The lowest BCUT2D eigenvalue weighted by Gasteiger charge is -2.21. The molecule has 0 aliphatic rings. The first-order valence-electron chi connectivity index (χ1n) is 8.37. The minimum atomic E-state index is -3.72. The predicted octanol–water partition coefficient (Wildman–Crippen LogP) is 3.80. The number of carbonyl (C=O) groups excluding carboxylic acids is 1. The van der Waals surface area contributed by atoms with E-state index in [-0.39, 0.29) is 16.2 Å². The Morgan fingerprint density at radius 3 is 2.08 bits per heavy atom. The average Bonchev–Trinajstić information content (AvgIpc) is 2.53. The van der Waals surface area contributed by atoms with E-state index in [0.29, 0.717) is 16.8 Å². The van der Waals surface area contributed by atoms with Crippen molar-refractivity contribution >= 4 is 21.6 Å². The Bertz CT molecular complexity index is 909. The van der Waals surface area contributed by atoms with Gasteiger partial charge in [0.2, 0.25) is 0 Å². The molecule has 0 unspecified atom stereocenters. The number of hydrogen-bond donors (Lipinski definition) is 1. The number of nitrogens with zero attached hydrogens (tertiary/aromatic N) is 1. The van der Waals surface area contributed by atoms with Crippen LogP contribution < -0.4 is 4.72 Å². The van der Waals surface area contributed by atoms with Crippen LogP contribution in [0.3, 0.4) is 0 Å². The first-order valence-corrected chi connectivity index (χ1v) is 9.86. The van der Waals surface area contributed by atoms with Crippen LogP contribution in [0.4, 0.5) is 5.69 Å². The van der Waals surface area contributed by atoms with E-state index in [9.17, 15) is 13.2 Å². The molecular weight excluding hydrogens is 348 g/mol. The maximum absolute atomic E-state index is 12.8. The van der Waals surface area contributed by atoms with Gasteiger partial charge in [0.1, 0.15) is 0 Å². The Kier molecular flexibility index (Phi) is 5.47. The molecule has 140 valence electrons. The largest absolute Gasteiger partial charge is 0.345 e. The summed E-state index contributed by atoms with van der Waals surface area (Å²) >= 11 is 0. The van der Waals surface area contributed by atoms with Gasteiger partial charge in [0, 0.05) is 25.3 Å². The topological polar surface area (TPSA) is 66.5 Å². The minimum Gasteiger partial charge on any atom is -0.345 e. The summed E-state index contributed by atoms with van der Waals surface area (Å²) in [6.45, 7) is 7.91. The van der Waals surface area contributed by atoms with Crippen LogP contribution in [0.1, 0.15) is 42.3 Å². The normalized spacial score (nSPS) is 11.9. The minimum absolute atomic E-state index is 0.131. The SMILES string of the molecule is Cc1ccc(C(C)(C)C)cc1S(=O)(=O)Nc1ccc(C(=O)N(C)C)cc1. The van der Waals surface area contributed by atoms with Gasteiger partial charge in [-0.25, -0.2) is 8.42 Å². The molecule has 5 nitrogen and oxygen atoms in total. The molecule has 0 aliphatic heterocycles. The van der Waals surface area contributed by atoms with Gasteiger partial charge in [-0.15, -0.1) is 0 Å². The lowest BCUT2D eigenvalue weighted by Crippen LogP contribution is -2.21. The van der Waals surface area contributed by atoms with Gasteiger partial charge >= 0.3 is 0 Å². The monoisotopic (exact) mass is 374 g/mol. The first kappa shape index (κ1) is 20.0. The summed E-state index contributed by atoms with van der Waals surface area (Å²) in [7, 11) is -0.380. The predicted molar refractivity (Wildman–Crippen MR) is 105 cm³/mol.